The highest BCUT2D eigenvalue weighted by Gasteiger charge is 2.40. The summed E-state index contributed by atoms with van der Waals surface area (Å²) in [5.74, 6) is -0.866. The number of aliphatic carboxylic acids is 1. The molecule has 0 bridgehead atoms. The molecule has 0 fully saturated rings. The van der Waals surface area contributed by atoms with Crippen LogP contribution < -0.4 is 0 Å². The van der Waals surface area contributed by atoms with E-state index in [1.54, 1.807) is 0 Å². The van der Waals surface area contributed by atoms with Crippen LogP contribution in [0.3, 0.4) is 0 Å². The van der Waals surface area contributed by atoms with Crippen molar-refractivity contribution in [1.29, 1.82) is 0 Å². The van der Waals surface area contributed by atoms with Gasteiger partial charge in [-0.05, 0) is 33.6 Å². The van der Waals surface area contributed by atoms with E-state index in [4.69, 9.17) is 18.4 Å². The van der Waals surface area contributed by atoms with Gasteiger partial charge in [-0.3, -0.25) is 4.79 Å². The van der Waals surface area contributed by atoms with Gasteiger partial charge in [0.15, 0.2) is 0 Å². The van der Waals surface area contributed by atoms with Gasteiger partial charge in [-0.25, -0.2) is 0 Å². The lowest BCUT2D eigenvalue weighted by Gasteiger charge is -2.28. The summed E-state index contributed by atoms with van der Waals surface area (Å²) >= 11 is 6.55. The van der Waals surface area contributed by atoms with Crippen LogP contribution in [0.25, 0.3) is 0 Å². The fourth-order valence-corrected chi connectivity index (χ4v) is 5.27. The minimum absolute atomic E-state index is 0.128. The number of hydrogen-bond acceptors (Lipinski definition) is 4. The summed E-state index contributed by atoms with van der Waals surface area (Å²) in [6.45, 7) is 7.44. The highest BCUT2D eigenvalue weighted by molar-refractivity contribution is 9.12. The van der Waals surface area contributed by atoms with E-state index in [-0.39, 0.29) is 4.83 Å². The molecule has 2 atom stereocenters. The summed E-state index contributed by atoms with van der Waals surface area (Å²) in [4.78, 5) is 10.1. The monoisotopic (exact) mass is 434 g/mol. The SMILES string of the molecule is CCO[Si](CCCC(Br)C(Br)C(=O)O)(OCC)OCC. The minimum atomic E-state index is -2.61. The molecule has 8 heteroatoms. The molecule has 0 rings (SSSR count). The van der Waals surface area contributed by atoms with Crippen LogP contribution in [0.4, 0.5) is 0 Å². The first-order valence-electron chi connectivity index (χ1n) is 6.85. The van der Waals surface area contributed by atoms with Crippen molar-refractivity contribution >= 4 is 46.6 Å². The van der Waals surface area contributed by atoms with Crippen molar-refractivity contribution in [3.63, 3.8) is 0 Å². The van der Waals surface area contributed by atoms with E-state index in [0.717, 1.165) is 6.42 Å². The van der Waals surface area contributed by atoms with E-state index >= 15 is 0 Å². The fourth-order valence-electron chi connectivity index (χ4n) is 1.82. The van der Waals surface area contributed by atoms with Crippen molar-refractivity contribution in [2.75, 3.05) is 19.8 Å². The molecular weight excluding hydrogens is 412 g/mol. The number of alkyl halides is 2. The maximum atomic E-state index is 10.9. The van der Waals surface area contributed by atoms with Crippen LogP contribution in [0.1, 0.15) is 33.6 Å². The maximum Gasteiger partial charge on any atom is 0.500 e. The van der Waals surface area contributed by atoms with Gasteiger partial charge in [-0.15, -0.1) is 0 Å². The first-order chi connectivity index (χ1) is 9.42. The molecule has 2 unspecified atom stereocenters. The van der Waals surface area contributed by atoms with Gasteiger partial charge >= 0.3 is 14.8 Å². The zero-order valence-electron chi connectivity index (χ0n) is 12.2. The Labute approximate surface area is 139 Å². The Balaban J connectivity index is 4.41. The summed E-state index contributed by atoms with van der Waals surface area (Å²) in [5.41, 5.74) is 0. The predicted molar refractivity (Wildman–Crippen MR) is 87.7 cm³/mol. The van der Waals surface area contributed by atoms with E-state index in [0.29, 0.717) is 32.3 Å². The predicted octanol–water partition coefficient (Wildman–Crippen LogP) is 3.43. The van der Waals surface area contributed by atoms with E-state index in [2.05, 4.69) is 31.9 Å². The van der Waals surface area contributed by atoms with Crippen molar-refractivity contribution in [2.45, 2.75) is 49.3 Å². The van der Waals surface area contributed by atoms with Gasteiger partial charge in [0.1, 0.15) is 4.83 Å². The van der Waals surface area contributed by atoms with Gasteiger partial charge in [0.25, 0.3) is 0 Å². The van der Waals surface area contributed by atoms with Crippen LogP contribution in [0.15, 0.2) is 0 Å². The maximum absolute atomic E-state index is 10.9. The molecule has 0 saturated heterocycles. The molecule has 1 N–H and O–H groups in total. The standard InChI is InChI=1S/C12H24Br2O5Si/c1-4-17-20(18-5-2,19-6-3)9-7-8-10(13)11(14)12(15)16/h10-11H,4-9H2,1-3H3,(H,15,16). The Morgan fingerprint density at radius 2 is 1.55 bits per heavy atom. The fraction of sp³-hybridized carbons (Fsp3) is 0.917. The smallest absolute Gasteiger partial charge is 0.480 e. The van der Waals surface area contributed by atoms with Gasteiger partial charge in [-0.1, -0.05) is 31.9 Å². The second kappa shape index (κ2) is 11.1. The molecular formula is C12H24Br2O5Si. The molecule has 0 aliphatic carbocycles. The average molecular weight is 436 g/mol. The second-order valence-electron chi connectivity index (χ2n) is 4.13. The van der Waals surface area contributed by atoms with Crippen LogP contribution in [-0.4, -0.2) is 49.4 Å². The number of hydrogen-bond donors (Lipinski definition) is 1. The lowest BCUT2D eigenvalue weighted by molar-refractivity contribution is -0.136. The average Bonchev–Trinajstić information content (AvgIpc) is 2.38. The van der Waals surface area contributed by atoms with Crippen LogP contribution in [-0.2, 0) is 18.1 Å². The molecule has 0 heterocycles. The Morgan fingerprint density at radius 3 is 1.90 bits per heavy atom. The molecule has 0 spiro atoms. The van der Waals surface area contributed by atoms with Gasteiger partial charge in [0, 0.05) is 30.7 Å². The number of halogens is 2. The molecule has 0 aliphatic rings. The van der Waals surface area contributed by atoms with Gasteiger partial charge in [0.05, 0.1) is 0 Å². The molecule has 0 saturated carbocycles. The largest absolute Gasteiger partial charge is 0.500 e. The quantitative estimate of drug-likeness (QED) is 0.375. The zero-order valence-corrected chi connectivity index (χ0v) is 16.4. The van der Waals surface area contributed by atoms with Crippen molar-refractivity contribution in [3.05, 3.63) is 0 Å². The highest BCUT2D eigenvalue weighted by atomic mass is 79.9. The topological polar surface area (TPSA) is 65.0 Å². The van der Waals surface area contributed by atoms with Gasteiger partial charge in [0.2, 0.25) is 0 Å². The molecule has 0 aromatic rings. The Hall–Kier alpha value is 0.527. The zero-order chi connectivity index (χ0) is 15.6. The van der Waals surface area contributed by atoms with E-state index in [1.165, 1.54) is 0 Å². The molecule has 0 radical (unpaired) electrons. The van der Waals surface area contributed by atoms with Crippen LogP contribution in [0.5, 0.6) is 0 Å². The second-order valence-corrected chi connectivity index (χ2v) is 9.02. The first kappa shape index (κ1) is 20.5. The molecule has 0 aromatic heterocycles. The first-order valence-corrected chi connectivity index (χ1v) is 10.6. The third kappa shape index (κ3) is 7.51. The van der Waals surface area contributed by atoms with Crippen LogP contribution in [0.2, 0.25) is 6.04 Å². The van der Waals surface area contributed by atoms with E-state index in [1.807, 2.05) is 20.8 Å². The number of rotatable bonds is 12. The summed E-state index contributed by atoms with van der Waals surface area (Å²) in [6.07, 6.45) is 1.50. The van der Waals surface area contributed by atoms with Crippen molar-refractivity contribution in [2.24, 2.45) is 0 Å². The lowest BCUT2D eigenvalue weighted by atomic mass is 10.2. The van der Waals surface area contributed by atoms with Gasteiger partial charge < -0.3 is 18.4 Å². The molecule has 120 valence electrons. The number of carboxylic acids is 1. The van der Waals surface area contributed by atoms with Crippen LogP contribution >= 0.6 is 31.9 Å². The lowest BCUT2D eigenvalue weighted by Crippen LogP contribution is -2.46. The number of carbonyl (C=O) groups is 1. The van der Waals surface area contributed by atoms with Crippen LogP contribution in [0, 0.1) is 0 Å². The number of carboxylic acid groups (broad SMARTS) is 1. The van der Waals surface area contributed by atoms with Gasteiger partial charge in [-0.2, -0.15) is 0 Å². The summed E-state index contributed by atoms with van der Waals surface area (Å²) in [5, 5.41) is 8.92. The van der Waals surface area contributed by atoms with E-state index in [9.17, 15) is 4.79 Å². The third-order valence-electron chi connectivity index (χ3n) is 2.61. The summed E-state index contributed by atoms with van der Waals surface area (Å²) < 4.78 is 17.3. The molecule has 5 nitrogen and oxygen atoms in total. The third-order valence-corrected chi connectivity index (χ3v) is 8.49. The van der Waals surface area contributed by atoms with Crippen molar-refractivity contribution in [1.82, 2.24) is 0 Å². The Bertz CT molecular complexity index is 264. The Morgan fingerprint density at radius 1 is 1.10 bits per heavy atom. The summed E-state index contributed by atoms with van der Waals surface area (Å²) in [7, 11) is -2.61. The molecule has 20 heavy (non-hydrogen) atoms. The molecule has 0 aliphatic heterocycles. The highest BCUT2D eigenvalue weighted by Crippen LogP contribution is 2.25. The minimum Gasteiger partial charge on any atom is -0.480 e. The molecule has 0 aromatic carbocycles. The Kier molecular flexibility index (Phi) is 11.4. The van der Waals surface area contributed by atoms with Crippen molar-refractivity contribution in [3.8, 4) is 0 Å². The normalized spacial score (nSPS) is 15.1. The van der Waals surface area contributed by atoms with E-state index < -0.39 is 19.6 Å². The van der Waals surface area contributed by atoms with Crippen molar-refractivity contribution < 1.29 is 23.2 Å². The summed E-state index contributed by atoms with van der Waals surface area (Å²) in [6, 6.07) is 0.698. The molecule has 0 amide bonds.